The number of methoxy groups -OCH3 is 1. The summed E-state index contributed by atoms with van der Waals surface area (Å²) in [7, 11) is 1.34. The maximum absolute atomic E-state index is 12.2. The zero-order chi connectivity index (χ0) is 17.6. The smallest absolute Gasteiger partial charge is 0.337 e. The van der Waals surface area contributed by atoms with Crippen LogP contribution in [0, 0.1) is 0 Å². The fourth-order valence-corrected chi connectivity index (χ4v) is 2.55. The molecule has 0 spiro atoms. The first kappa shape index (κ1) is 16.5. The zero-order valence-corrected chi connectivity index (χ0v) is 13.8. The molecule has 5 nitrogen and oxygen atoms in total. The van der Waals surface area contributed by atoms with Gasteiger partial charge in [0.2, 0.25) is 5.91 Å². The first-order valence-corrected chi connectivity index (χ1v) is 7.87. The number of benzene rings is 3. The number of hydrogen-bond donors (Lipinski definition) is 2. The highest BCUT2D eigenvalue weighted by atomic mass is 16.5. The molecule has 25 heavy (non-hydrogen) atoms. The van der Waals surface area contributed by atoms with Gasteiger partial charge in [0, 0.05) is 16.8 Å². The van der Waals surface area contributed by atoms with Crippen molar-refractivity contribution in [2.75, 3.05) is 24.3 Å². The van der Waals surface area contributed by atoms with Gasteiger partial charge in [-0.2, -0.15) is 0 Å². The second-order valence-electron chi connectivity index (χ2n) is 5.50. The van der Waals surface area contributed by atoms with Crippen molar-refractivity contribution in [1.82, 2.24) is 0 Å². The van der Waals surface area contributed by atoms with E-state index in [-0.39, 0.29) is 18.4 Å². The molecule has 0 heterocycles. The van der Waals surface area contributed by atoms with Gasteiger partial charge >= 0.3 is 5.97 Å². The number of esters is 1. The lowest BCUT2D eigenvalue weighted by Gasteiger charge is -2.10. The van der Waals surface area contributed by atoms with Crippen molar-refractivity contribution >= 4 is 34.0 Å². The third-order valence-corrected chi connectivity index (χ3v) is 3.82. The molecular weight excluding hydrogens is 316 g/mol. The molecule has 0 aliphatic heterocycles. The van der Waals surface area contributed by atoms with Gasteiger partial charge in [-0.05, 0) is 35.7 Å². The summed E-state index contributed by atoms with van der Waals surface area (Å²) in [6.45, 7) is 0.126. The van der Waals surface area contributed by atoms with E-state index in [1.165, 1.54) is 7.11 Å². The predicted molar refractivity (Wildman–Crippen MR) is 98.8 cm³/mol. The number of amides is 1. The van der Waals surface area contributed by atoms with Crippen LogP contribution in [0.1, 0.15) is 10.4 Å². The Morgan fingerprint density at radius 1 is 0.920 bits per heavy atom. The average molecular weight is 334 g/mol. The normalized spacial score (nSPS) is 10.3. The maximum Gasteiger partial charge on any atom is 0.337 e. The van der Waals surface area contributed by atoms with E-state index in [1.807, 2.05) is 42.5 Å². The molecule has 0 aliphatic rings. The molecule has 0 radical (unpaired) electrons. The zero-order valence-electron chi connectivity index (χ0n) is 13.8. The molecule has 0 aliphatic carbocycles. The van der Waals surface area contributed by atoms with E-state index in [9.17, 15) is 9.59 Å². The lowest BCUT2D eigenvalue weighted by Crippen LogP contribution is -2.21. The monoisotopic (exact) mass is 334 g/mol. The van der Waals surface area contributed by atoms with Gasteiger partial charge < -0.3 is 15.4 Å². The van der Waals surface area contributed by atoms with Crippen LogP contribution >= 0.6 is 0 Å². The van der Waals surface area contributed by atoms with Crippen LogP contribution in [0.15, 0.2) is 66.7 Å². The van der Waals surface area contributed by atoms with Gasteiger partial charge in [0.15, 0.2) is 0 Å². The van der Waals surface area contributed by atoms with Crippen molar-refractivity contribution in [2.24, 2.45) is 0 Å². The minimum Gasteiger partial charge on any atom is -0.465 e. The lowest BCUT2D eigenvalue weighted by molar-refractivity contribution is -0.114. The third kappa shape index (κ3) is 3.95. The van der Waals surface area contributed by atoms with E-state index < -0.39 is 0 Å². The standard InChI is InChI=1S/C20H18N2O3/c1-25-20(24)15-9-11-16(12-10-15)21-13-19(23)22-18-8-4-6-14-5-2-3-7-17(14)18/h2-12,21H,13H2,1H3,(H,22,23). The fourth-order valence-electron chi connectivity index (χ4n) is 2.55. The number of carbonyl (C=O) groups is 2. The molecule has 0 saturated carbocycles. The van der Waals surface area contributed by atoms with Crippen LogP contribution in [0.2, 0.25) is 0 Å². The molecule has 126 valence electrons. The minimum absolute atomic E-state index is 0.126. The van der Waals surface area contributed by atoms with Crippen LogP contribution in [0.4, 0.5) is 11.4 Å². The molecule has 0 saturated heterocycles. The molecule has 3 rings (SSSR count). The van der Waals surface area contributed by atoms with E-state index in [1.54, 1.807) is 24.3 Å². The van der Waals surface area contributed by atoms with Crippen molar-refractivity contribution in [2.45, 2.75) is 0 Å². The highest BCUT2D eigenvalue weighted by Gasteiger charge is 2.07. The van der Waals surface area contributed by atoms with Crippen molar-refractivity contribution in [1.29, 1.82) is 0 Å². The Morgan fingerprint density at radius 3 is 2.40 bits per heavy atom. The molecule has 3 aromatic rings. The third-order valence-electron chi connectivity index (χ3n) is 3.82. The van der Waals surface area contributed by atoms with E-state index in [4.69, 9.17) is 0 Å². The first-order chi connectivity index (χ1) is 12.2. The summed E-state index contributed by atoms with van der Waals surface area (Å²) < 4.78 is 4.65. The lowest BCUT2D eigenvalue weighted by atomic mass is 10.1. The molecule has 2 N–H and O–H groups in total. The number of carbonyl (C=O) groups excluding carboxylic acids is 2. The van der Waals surface area contributed by atoms with E-state index in [2.05, 4.69) is 15.4 Å². The summed E-state index contributed by atoms with van der Waals surface area (Å²) in [6, 6.07) is 20.5. The molecule has 0 fully saturated rings. The Morgan fingerprint density at radius 2 is 1.64 bits per heavy atom. The average Bonchev–Trinajstić information content (AvgIpc) is 2.66. The quantitative estimate of drug-likeness (QED) is 0.699. The van der Waals surface area contributed by atoms with E-state index in [0.717, 1.165) is 22.1 Å². The summed E-state index contributed by atoms with van der Waals surface area (Å²) in [5.74, 6) is -0.534. The number of rotatable bonds is 5. The molecule has 3 aromatic carbocycles. The number of nitrogens with one attached hydrogen (secondary N) is 2. The van der Waals surface area contributed by atoms with Crippen LogP contribution in [0.3, 0.4) is 0 Å². The van der Waals surface area contributed by atoms with Crippen molar-refractivity contribution in [3.63, 3.8) is 0 Å². The maximum atomic E-state index is 12.2. The highest BCUT2D eigenvalue weighted by Crippen LogP contribution is 2.22. The molecule has 0 bridgehead atoms. The van der Waals surface area contributed by atoms with Gasteiger partial charge in [0.1, 0.15) is 0 Å². The second-order valence-corrected chi connectivity index (χ2v) is 5.50. The van der Waals surface area contributed by atoms with Crippen LogP contribution in [-0.4, -0.2) is 25.5 Å². The van der Waals surface area contributed by atoms with Gasteiger partial charge in [-0.25, -0.2) is 4.79 Å². The van der Waals surface area contributed by atoms with Gasteiger partial charge in [-0.3, -0.25) is 4.79 Å². The van der Waals surface area contributed by atoms with Crippen LogP contribution in [0.25, 0.3) is 10.8 Å². The largest absolute Gasteiger partial charge is 0.465 e. The number of fused-ring (bicyclic) bond motifs is 1. The fraction of sp³-hybridized carbons (Fsp3) is 0.100. The van der Waals surface area contributed by atoms with Crippen molar-refractivity contribution in [3.8, 4) is 0 Å². The summed E-state index contributed by atoms with van der Waals surface area (Å²) in [4.78, 5) is 23.6. The Hall–Kier alpha value is -3.34. The van der Waals surface area contributed by atoms with Crippen LogP contribution in [0.5, 0.6) is 0 Å². The Bertz CT molecular complexity index is 899. The topological polar surface area (TPSA) is 67.4 Å². The number of anilines is 2. The number of ether oxygens (including phenoxy) is 1. The molecule has 0 aromatic heterocycles. The molecule has 1 amide bonds. The van der Waals surface area contributed by atoms with Crippen LogP contribution in [-0.2, 0) is 9.53 Å². The van der Waals surface area contributed by atoms with Gasteiger partial charge in [-0.1, -0.05) is 36.4 Å². The molecule has 0 unspecified atom stereocenters. The Balaban J connectivity index is 1.62. The Labute approximate surface area is 145 Å². The predicted octanol–water partition coefficient (Wildman–Crippen LogP) is 3.68. The molecular formula is C20H18N2O3. The minimum atomic E-state index is -0.389. The SMILES string of the molecule is COC(=O)c1ccc(NCC(=O)Nc2cccc3ccccc23)cc1. The Kier molecular flexibility index (Phi) is 4.95. The molecule has 0 atom stereocenters. The summed E-state index contributed by atoms with van der Waals surface area (Å²) in [6.07, 6.45) is 0. The summed E-state index contributed by atoms with van der Waals surface area (Å²) in [5, 5.41) is 8.03. The summed E-state index contributed by atoms with van der Waals surface area (Å²) >= 11 is 0. The first-order valence-electron chi connectivity index (χ1n) is 7.87. The second kappa shape index (κ2) is 7.49. The van der Waals surface area contributed by atoms with E-state index >= 15 is 0 Å². The molecule has 5 heteroatoms. The highest BCUT2D eigenvalue weighted by molar-refractivity contribution is 6.03. The van der Waals surface area contributed by atoms with Gasteiger partial charge in [0.25, 0.3) is 0 Å². The van der Waals surface area contributed by atoms with Crippen molar-refractivity contribution in [3.05, 3.63) is 72.3 Å². The summed E-state index contributed by atoms with van der Waals surface area (Å²) in [5.41, 5.74) is 2.00. The van der Waals surface area contributed by atoms with Crippen LogP contribution < -0.4 is 10.6 Å². The van der Waals surface area contributed by atoms with Gasteiger partial charge in [-0.15, -0.1) is 0 Å². The van der Waals surface area contributed by atoms with E-state index in [0.29, 0.717) is 5.56 Å². The van der Waals surface area contributed by atoms with Crippen molar-refractivity contribution < 1.29 is 14.3 Å². The number of hydrogen-bond acceptors (Lipinski definition) is 4. The van der Waals surface area contributed by atoms with Gasteiger partial charge in [0.05, 0.1) is 19.2 Å².